The summed E-state index contributed by atoms with van der Waals surface area (Å²) >= 11 is 3.97. The third kappa shape index (κ3) is 3.97. The number of nitrogens with zero attached hydrogens (tertiary/aromatic N) is 1. The molecular formula is C13H22N2S2. The van der Waals surface area contributed by atoms with Crippen LogP contribution in [0.5, 0.6) is 0 Å². The highest BCUT2D eigenvalue weighted by Crippen LogP contribution is 2.33. The molecule has 0 spiro atoms. The number of aromatic nitrogens is 1. The monoisotopic (exact) mass is 270 g/mol. The first-order chi connectivity index (χ1) is 8.29. The molecule has 1 atom stereocenters. The van der Waals surface area contributed by atoms with Crippen LogP contribution in [0.3, 0.4) is 0 Å². The Labute approximate surface area is 113 Å². The minimum Gasteiger partial charge on any atom is -0.310 e. The highest BCUT2D eigenvalue weighted by molar-refractivity contribution is 7.99. The lowest BCUT2D eigenvalue weighted by Gasteiger charge is -2.08. The van der Waals surface area contributed by atoms with Gasteiger partial charge < -0.3 is 5.32 Å². The van der Waals surface area contributed by atoms with Crippen LogP contribution >= 0.6 is 23.1 Å². The van der Waals surface area contributed by atoms with Gasteiger partial charge in [-0.25, -0.2) is 4.98 Å². The molecule has 0 bridgehead atoms. The molecule has 1 saturated carbocycles. The molecule has 2 nitrogen and oxygen atoms in total. The topological polar surface area (TPSA) is 24.9 Å². The molecule has 0 radical (unpaired) electrons. The Morgan fingerprint density at radius 1 is 1.53 bits per heavy atom. The van der Waals surface area contributed by atoms with Crippen molar-refractivity contribution in [2.24, 2.45) is 0 Å². The van der Waals surface area contributed by atoms with Crippen molar-refractivity contribution in [3.05, 3.63) is 16.1 Å². The van der Waals surface area contributed by atoms with E-state index < -0.39 is 0 Å². The van der Waals surface area contributed by atoms with Crippen LogP contribution in [0.25, 0.3) is 0 Å². The summed E-state index contributed by atoms with van der Waals surface area (Å²) in [7, 11) is 0. The molecule has 0 saturated heterocycles. The summed E-state index contributed by atoms with van der Waals surface area (Å²) in [6.45, 7) is 5.38. The third-order valence-corrected chi connectivity index (χ3v) is 6.00. The summed E-state index contributed by atoms with van der Waals surface area (Å²) in [5, 5.41) is 5.63. The molecule has 1 aromatic rings. The zero-order chi connectivity index (χ0) is 12.1. The second-order valence-electron chi connectivity index (χ2n) is 4.65. The minimum atomic E-state index is 0.447. The Hall–Kier alpha value is -0.0600. The number of hydrogen-bond donors (Lipinski definition) is 1. The first-order valence-corrected chi connectivity index (χ1v) is 8.45. The maximum Gasteiger partial charge on any atom is 0.103 e. The molecule has 2 rings (SSSR count). The standard InChI is InChI=1S/C13H22N2S2/c1-3-14-10(2)12-8-15-13(17-12)9-16-11-6-4-5-7-11/h8,10-11,14H,3-7,9H2,1-2H3. The van der Waals surface area contributed by atoms with Crippen LogP contribution in [-0.2, 0) is 5.75 Å². The van der Waals surface area contributed by atoms with Gasteiger partial charge in [-0.05, 0) is 26.3 Å². The van der Waals surface area contributed by atoms with Crippen molar-refractivity contribution in [2.45, 2.75) is 56.6 Å². The van der Waals surface area contributed by atoms with Crippen LogP contribution in [0.4, 0.5) is 0 Å². The molecule has 1 fully saturated rings. The predicted octanol–water partition coefficient (Wildman–Crippen LogP) is 3.99. The maximum absolute atomic E-state index is 4.54. The number of rotatable bonds is 6. The molecule has 17 heavy (non-hydrogen) atoms. The van der Waals surface area contributed by atoms with Gasteiger partial charge in [0, 0.05) is 28.1 Å². The molecule has 0 aromatic carbocycles. The fraction of sp³-hybridized carbons (Fsp3) is 0.769. The van der Waals surface area contributed by atoms with Crippen molar-refractivity contribution in [1.29, 1.82) is 0 Å². The van der Waals surface area contributed by atoms with Gasteiger partial charge >= 0.3 is 0 Å². The molecule has 1 heterocycles. The van der Waals surface area contributed by atoms with Crippen molar-refractivity contribution in [2.75, 3.05) is 6.54 Å². The van der Waals surface area contributed by atoms with Gasteiger partial charge in [-0.3, -0.25) is 0 Å². The van der Waals surface area contributed by atoms with E-state index in [-0.39, 0.29) is 0 Å². The summed E-state index contributed by atoms with van der Waals surface area (Å²) < 4.78 is 0. The fourth-order valence-electron chi connectivity index (χ4n) is 2.24. The van der Waals surface area contributed by atoms with E-state index in [0.717, 1.165) is 17.5 Å². The Morgan fingerprint density at radius 3 is 3.00 bits per heavy atom. The lowest BCUT2D eigenvalue weighted by molar-refractivity contribution is 0.606. The average Bonchev–Trinajstić information content (AvgIpc) is 2.98. The quantitative estimate of drug-likeness (QED) is 0.846. The number of thiazole rings is 1. The van der Waals surface area contributed by atoms with Gasteiger partial charge in [0.05, 0.1) is 0 Å². The van der Waals surface area contributed by atoms with Crippen molar-refractivity contribution in [3.8, 4) is 0 Å². The normalized spacial score (nSPS) is 18.7. The van der Waals surface area contributed by atoms with Crippen LogP contribution in [0.15, 0.2) is 6.20 Å². The van der Waals surface area contributed by atoms with E-state index in [9.17, 15) is 0 Å². The van der Waals surface area contributed by atoms with Crippen LogP contribution < -0.4 is 5.32 Å². The summed E-state index contributed by atoms with van der Waals surface area (Å²) in [5.74, 6) is 1.11. The third-order valence-electron chi connectivity index (χ3n) is 3.25. The second kappa shape index (κ2) is 6.76. The average molecular weight is 270 g/mol. The summed E-state index contributed by atoms with van der Waals surface area (Å²) in [4.78, 5) is 5.91. The molecule has 0 amide bonds. The molecule has 1 aromatic heterocycles. The largest absolute Gasteiger partial charge is 0.310 e. The minimum absolute atomic E-state index is 0.447. The second-order valence-corrected chi connectivity index (χ2v) is 7.09. The number of thioether (sulfide) groups is 1. The van der Waals surface area contributed by atoms with Gasteiger partial charge in [-0.15, -0.1) is 11.3 Å². The Kier molecular flexibility index (Phi) is 5.32. The van der Waals surface area contributed by atoms with Crippen molar-refractivity contribution in [3.63, 3.8) is 0 Å². The molecular weight excluding hydrogens is 248 g/mol. The first kappa shape index (κ1) is 13.4. The molecule has 1 aliphatic carbocycles. The van der Waals surface area contributed by atoms with E-state index in [0.29, 0.717) is 6.04 Å². The van der Waals surface area contributed by atoms with E-state index in [4.69, 9.17) is 0 Å². The molecule has 1 aliphatic rings. The zero-order valence-corrected chi connectivity index (χ0v) is 12.4. The lowest BCUT2D eigenvalue weighted by Crippen LogP contribution is -2.16. The molecule has 1 unspecified atom stereocenters. The highest BCUT2D eigenvalue weighted by atomic mass is 32.2. The first-order valence-electron chi connectivity index (χ1n) is 6.59. The molecule has 4 heteroatoms. The number of nitrogens with one attached hydrogen (secondary N) is 1. The van der Waals surface area contributed by atoms with Gasteiger partial charge in [0.15, 0.2) is 0 Å². The van der Waals surface area contributed by atoms with E-state index >= 15 is 0 Å². The van der Waals surface area contributed by atoms with Gasteiger partial charge in [-0.2, -0.15) is 11.8 Å². The van der Waals surface area contributed by atoms with E-state index in [1.807, 2.05) is 17.5 Å². The molecule has 96 valence electrons. The van der Waals surface area contributed by atoms with E-state index in [1.54, 1.807) is 0 Å². The molecule has 1 N–H and O–H groups in total. The molecule has 0 aliphatic heterocycles. The Balaban J connectivity index is 1.80. The predicted molar refractivity (Wildman–Crippen MR) is 77.8 cm³/mol. The van der Waals surface area contributed by atoms with E-state index in [2.05, 4.69) is 35.9 Å². The van der Waals surface area contributed by atoms with Crippen LogP contribution in [0.1, 0.15) is 55.5 Å². The smallest absolute Gasteiger partial charge is 0.103 e. The number of hydrogen-bond acceptors (Lipinski definition) is 4. The van der Waals surface area contributed by atoms with Crippen molar-refractivity contribution >= 4 is 23.1 Å². The Morgan fingerprint density at radius 2 is 2.29 bits per heavy atom. The van der Waals surface area contributed by atoms with E-state index in [1.165, 1.54) is 35.6 Å². The van der Waals surface area contributed by atoms with Crippen molar-refractivity contribution < 1.29 is 0 Å². The van der Waals surface area contributed by atoms with Gasteiger partial charge in [0.25, 0.3) is 0 Å². The summed E-state index contributed by atoms with van der Waals surface area (Å²) in [6.07, 6.45) is 7.73. The maximum atomic E-state index is 4.54. The fourth-order valence-corrected chi connectivity index (χ4v) is 4.54. The summed E-state index contributed by atoms with van der Waals surface area (Å²) in [5.41, 5.74) is 0. The SMILES string of the molecule is CCNC(C)c1cnc(CSC2CCCC2)s1. The van der Waals surface area contributed by atoms with Crippen LogP contribution in [0, 0.1) is 0 Å². The summed E-state index contributed by atoms with van der Waals surface area (Å²) in [6, 6.07) is 0.447. The lowest BCUT2D eigenvalue weighted by atomic mass is 10.3. The van der Waals surface area contributed by atoms with Gasteiger partial charge in [0.2, 0.25) is 0 Å². The van der Waals surface area contributed by atoms with Gasteiger partial charge in [0.1, 0.15) is 5.01 Å². The zero-order valence-electron chi connectivity index (χ0n) is 10.7. The highest BCUT2D eigenvalue weighted by Gasteiger charge is 2.16. The van der Waals surface area contributed by atoms with Crippen LogP contribution in [-0.4, -0.2) is 16.8 Å². The van der Waals surface area contributed by atoms with Crippen LogP contribution in [0.2, 0.25) is 0 Å². The Bertz CT molecular complexity index is 332. The van der Waals surface area contributed by atoms with Gasteiger partial charge in [-0.1, -0.05) is 19.8 Å². The van der Waals surface area contributed by atoms with Crippen molar-refractivity contribution in [1.82, 2.24) is 10.3 Å².